The van der Waals surface area contributed by atoms with Crippen LogP contribution in [0.3, 0.4) is 0 Å². The summed E-state index contributed by atoms with van der Waals surface area (Å²) in [5.41, 5.74) is 8.36. The van der Waals surface area contributed by atoms with Gasteiger partial charge in [-0.3, -0.25) is 0 Å². The molecule has 2 aromatic rings. The van der Waals surface area contributed by atoms with Crippen molar-refractivity contribution in [2.75, 3.05) is 11.4 Å². The Balaban J connectivity index is 1.78. The van der Waals surface area contributed by atoms with Gasteiger partial charge in [0.25, 0.3) is 0 Å². The minimum atomic E-state index is 0.606. The first-order chi connectivity index (χ1) is 10.6. The van der Waals surface area contributed by atoms with Crippen molar-refractivity contribution in [3.63, 3.8) is 0 Å². The van der Waals surface area contributed by atoms with Gasteiger partial charge in [-0.05, 0) is 56.4 Å². The van der Waals surface area contributed by atoms with Gasteiger partial charge in [0, 0.05) is 0 Å². The van der Waals surface area contributed by atoms with Crippen LogP contribution in [0.4, 0.5) is 11.4 Å². The molecular weight excluding hydrogens is 268 g/mol. The fourth-order valence-electron chi connectivity index (χ4n) is 4.17. The summed E-state index contributed by atoms with van der Waals surface area (Å²) in [7, 11) is 0. The van der Waals surface area contributed by atoms with Crippen LogP contribution >= 0.6 is 0 Å². The van der Waals surface area contributed by atoms with Crippen molar-refractivity contribution in [3.05, 3.63) is 58.7 Å². The summed E-state index contributed by atoms with van der Waals surface area (Å²) in [5, 5.41) is 0. The fraction of sp³-hybridized carbons (Fsp3) is 0.350. The first kappa shape index (κ1) is 13.6. The van der Waals surface area contributed by atoms with Crippen LogP contribution in [0.2, 0.25) is 0 Å². The molecule has 0 N–H and O–H groups in total. The van der Waals surface area contributed by atoms with Crippen LogP contribution < -0.4 is 4.90 Å². The second-order valence-corrected chi connectivity index (χ2v) is 6.74. The Morgan fingerprint density at radius 3 is 2.55 bits per heavy atom. The molecule has 0 fully saturated rings. The number of rotatable bonds is 1. The second-order valence-electron chi connectivity index (χ2n) is 6.74. The third-order valence-corrected chi connectivity index (χ3v) is 5.00. The number of hydrogen-bond acceptors (Lipinski definition) is 1. The van der Waals surface area contributed by atoms with Crippen molar-refractivity contribution in [1.82, 2.24) is 0 Å². The van der Waals surface area contributed by atoms with E-state index in [0.717, 1.165) is 6.54 Å². The average Bonchev–Trinajstić information content (AvgIpc) is 2.90. The lowest BCUT2D eigenvalue weighted by Crippen LogP contribution is -2.35. The van der Waals surface area contributed by atoms with Crippen LogP contribution in [-0.4, -0.2) is 23.5 Å². The van der Waals surface area contributed by atoms with E-state index in [1.807, 2.05) is 0 Å². The summed E-state index contributed by atoms with van der Waals surface area (Å²) in [4.78, 5) is 2.48. The maximum atomic E-state index is 2.48. The molecule has 112 valence electrons. The molecule has 4 rings (SSSR count). The van der Waals surface area contributed by atoms with Crippen molar-refractivity contribution in [2.24, 2.45) is 0 Å². The molecule has 2 aliphatic rings. The maximum Gasteiger partial charge on any atom is 0.245 e. The van der Waals surface area contributed by atoms with Gasteiger partial charge in [0.15, 0.2) is 0 Å². The molecule has 2 aromatic carbocycles. The molecule has 0 saturated carbocycles. The van der Waals surface area contributed by atoms with E-state index in [9.17, 15) is 0 Å². The van der Waals surface area contributed by atoms with E-state index in [1.165, 1.54) is 46.5 Å². The highest BCUT2D eigenvalue weighted by Gasteiger charge is 2.38. The molecule has 0 amide bonds. The quantitative estimate of drug-likeness (QED) is 0.716. The highest BCUT2D eigenvalue weighted by molar-refractivity contribution is 5.82. The van der Waals surface area contributed by atoms with Crippen LogP contribution in [0.25, 0.3) is 0 Å². The molecule has 0 radical (unpaired) electrons. The summed E-state index contributed by atoms with van der Waals surface area (Å²) in [6.45, 7) is 7.74. The number of hydrogen-bond donors (Lipinski definition) is 0. The summed E-state index contributed by atoms with van der Waals surface area (Å²) in [6.07, 6.45) is 4.77. The van der Waals surface area contributed by atoms with E-state index < -0.39 is 0 Å². The largest absolute Gasteiger partial charge is 0.245 e. The van der Waals surface area contributed by atoms with E-state index in [1.54, 1.807) is 0 Å². The molecule has 0 spiro atoms. The van der Waals surface area contributed by atoms with Crippen molar-refractivity contribution in [2.45, 2.75) is 39.7 Å². The molecule has 0 aromatic heterocycles. The SMILES string of the molecule is Cc1cc(C)c([N+]2=CN3c4ccccc4CC[C@H]3C2)c(C)c1. The Labute approximate surface area is 132 Å². The number of nitrogens with zero attached hydrogens (tertiary/aromatic N) is 2. The summed E-state index contributed by atoms with van der Waals surface area (Å²) in [5.74, 6) is 0. The smallest absolute Gasteiger partial charge is 0.229 e. The molecule has 0 unspecified atom stereocenters. The number of aryl methyl sites for hydroxylation is 4. The van der Waals surface area contributed by atoms with Crippen LogP contribution in [0, 0.1) is 20.8 Å². The van der Waals surface area contributed by atoms with Crippen LogP contribution in [-0.2, 0) is 6.42 Å². The van der Waals surface area contributed by atoms with Gasteiger partial charge >= 0.3 is 0 Å². The molecule has 0 aliphatic carbocycles. The van der Waals surface area contributed by atoms with Crippen molar-refractivity contribution < 1.29 is 4.58 Å². The molecule has 2 heterocycles. The number of fused-ring (bicyclic) bond motifs is 3. The van der Waals surface area contributed by atoms with Gasteiger partial charge < -0.3 is 0 Å². The highest BCUT2D eigenvalue weighted by Crippen LogP contribution is 2.34. The molecule has 0 saturated heterocycles. The van der Waals surface area contributed by atoms with Gasteiger partial charge in [-0.2, -0.15) is 0 Å². The number of benzene rings is 2. The van der Waals surface area contributed by atoms with E-state index >= 15 is 0 Å². The van der Waals surface area contributed by atoms with Crippen LogP contribution in [0.5, 0.6) is 0 Å². The topological polar surface area (TPSA) is 6.25 Å². The molecular formula is C20H23N2+. The Morgan fingerprint density at radius 2 is 1.77 bits per heavy atom. The molecule has 2 nitrogen and oxygen atoms in total. The monoisotopic (exact) mass is 291 g/mol. The first-order valence-electron chi connectivity index (χ1n) is 8.19. The van der Waals surface area contributed by atoms with E-state index in [0.29, 0.717) is 6.04 Å². The molecule has 2 heteroatoms. The summed E-state index contributed by atoms with van der Waals surface area (Å²) < 4.78 is 2.46. The number of para-hydroxylation sites is 1. The van der Waals surface area contributed by atoms with Gasteiger partial charge in [-0.25, -0.2) is 9.48 Å². The Kier molecular flexibility index (Phi) is 3.07. The van der Waals surface area contributed by atoms with E-state index in [2.05, 4.69) is 73.0 Å². The van der Waals surface area contributed by atoms with Crippen molar-refractivity contribution in [1.29, 1.82) is 0 Å². The zero-order valence-electron chi connectivity index (χ0n) is 13.6. The Bertz CT molecular complexity index is 750. The molecule has 22 heavy (non-hydrogen) atoms. The van der Waals surface area contributed by atoms with Gasteiger partial charge in [-0.15, -0.1) is 0 Å². The third kappa shape index (κ3) is 2.06. The Hall–Kier alpha value is -2.09. The number of anilines is 1. The lowest BCUT2D eigenvalue weighted by Gasteiger charge is -2.24. The lowest BCUT2D eigenvalue weighted by molar-refractivity contribution is -0.429. The van der Waals surface area contributed by atoms with E-state index in [-0.39, 0.29) is 0 Å². The lowest BCUT2D eigenvalue weighted by atomic mass is 9.97. The highest BCUT2D eigenvalue weighted by atomic mass is 15.3. The summed E-state index contributed by atoms with van der Waals surface area (Å²) >= 11 is 0. The standard InChI is InChI=1S/C20H23N2/c1-14-10-15(2)20(16(3)11-14)21-12-18-9-8-17-6-4-5-7-19(17)22(18)13-21/h4-7,10-11,13,18H,8-9,12H2,1-3H3/q+1/t18-/m0/s1. The average molecular weight is 291 g/mol. The van der Waals surface area contributed by atoms with E-state index in [4.69, 9.17) is 0 Å². The van der Waals surface area contributed by atoms with Gasteiger partial charge in [0.1, 0.15) is 24.0 Å². The second kappa shape index (κ2) is 4.98. The summed E-state index contributed by atoms with van der Waals surface area (Å²) in [6, 6.07) is 14.0. The van der Waals surface area contributed by atoms with Gasteiger partial charge in [-0.1, -0.05) is 35.9 Å². The van der Waals surface area contributed by atoms with Crippen LogP contribution in [0.1, 0.15) is 28.7 Å². The third-order valence-electron chi connectivity index (χ3n) is 5.00. The van der Waals surface area contributed by atoms with Gasteiger partial charge in [0.05, 0.1) is 0 Å². The fourth-order valence-corrected chi connectivity index (χ4v) is 4.17. The van der Waals surface area contributed by atoms with Crippen molar-refractivity contribution in [3.8, 4) is 0 Å². The zero-order chi connectivity index (χ0) is 15.3. The van der Waals surface area contributed by atoms with Crippen LogP contribution in [0.15, 0.2) is 36.4 Å². The van der Waals surface area contributed by atoms with Crippen molar-refractivity contribution >= 4 is 17.7 Å². The molecule has 2 aliphatic heterocycles. The van der Waals surface area contributed by atoms with Gasteiger partial charge in [0.2, 0.25) is 6.34 Å². The normalized spacial score (nSPS) is 19.7. The predicted octanol–water partition coefficient (Wildman–Crippen LogP) is 4.12. The maximum absolute atomic E-state index is 2.48. The Morgan fingerprint density at radius 1 is 1.05 bits per heavy atom. The first-order valence-corrected chi connectivity index (χ1v) is 8.19. The molecule has 0 bridgehead atoms. The predicted molar refractivity (Wildman–Crippen MR) is 92.5 cm³/mol. The minimum Gasteiger partial charge on any atom is -0.229 e. The molecule has 1 atom stereocenters. The minimum absolute atomic E-state index is 0.606. The zero-order valence-corrected chi connectivity index (χ0v) is 13.6.